The minimum Gasteiger partial charge on any atom is -0.332 e. The van der Waals surface area contributed by atoms with Gasteiger partial charge < -0.3 is 4.90 Å². The largest absolute Gasteiger partial charge is 0.332 e. The second-order valence-corrected chi connectivity index (χ2v) is 6.27. The van der Waals surface area contributed by atoms with Gasteiger partial charge in [0.2, 0.25) is 0 Å². The standard InChI is InChI=1S/C22H21N3/c1-24-21(19-13-7-3-8-14-19)23-25(17-18-11-5-2-6-12-18)22(24)20-15-9-4-10-16-20/h2-16,22H,17H2,1H3. The summed E-state index contributed by atoms with van der Waals surface area (Å²) in [5.41, 5.74) is 3.65. The lowest BCUT2D eigenvalue weighted by Gasteiger charge is -2.29. The third-order valence-electron chi connectivity index (χ3n) is 4.52. The third-order valence-corrected chi connectivity index (χ3v) is 4.52. The van der Waals surface area contributed by atoms with Crippen LogP contribution < -0.4 is 0 Å². The summed E-state index contributed by atoms with van der Waals surface area (Å²) in [6.45, 7) is 0.779. The van der Waals surface area contributed by atoms with Crippen molar-refractivity contribution in [1.29, 1.82) is 0 Å². The van der Waals surface area contributed by atoms with Gasteiger partial charge >= 0.3 is 0 Å². The van der Waals surface area contributed by atoms with Gasteiger partial charge in [-0.1, -0.05) is 91.0 Å². The molecule has 0 saturated heterocycles. The van der Waals surface area contributed by atoms with E-state index < -0.39 is 0 Å². The van der Waals surface area contributed by atoms with Crippen molar-refractivity contribution in [2.24, 2.45) is 5.10 Å². The van der Waals surface area contributed by atoms with E-state index in [1.807, 2.05) is 12.1 Å². The van der Waals surface area contributed by atoms with Crippen molar-refractivity contribution in [3.05, 3.63) is 108 Å². The molecule has 0 aromatic heterocycles. The molecule has 1 aliphatic heterocycles. The zero-order valence-electron chi connectivity index (χ0n) is 14.3. The maximum absolute atomic E-state index is 4.97. The van der Waals surface area contributed by atoms with Crippen molar-refractivity contribution in [2.75, 3.05) is 7.05 Å². The van der Waals surface area contributed by atoms with Crippen molar-refractivity contribution < 1.29 is 0 Å². The molecule has 25 heavy (non-hydrogen) atoms. The number of amidine groups is 1. The summed E-state index contributed by atoms with van der Waals surface area (Å²) in [5.74, 6) is 1.00. The average Bonchev–Trinajstić information content (AvgIpc) is 3.00. The Balaban J connectivity index is 1.72. The number of hydrogen-bond acceptors (Lipinski definition) is 3. The summed E-state index contributed by atoms with van der Waals surface area (Å²) in [4.78, 5) is 2.26. The van der Waals surface area contributed by atoms with Crippen LogP contribution in [0.3, 0.4) is 0 Å². The van der Waals surface area contributed by atoms with E-state index in [1.54, 1.807) is 0 Å². The molecule has 3 aromatic rings. The van der Waals surface area contributed by atoms with Crippen LogP contribution in [-0.2, 0) is 6.54 Å². The molecule has 0 amide bonds. The van der Waals surface area contributed by atoms with E-state index in [9.17, 15) is 0 Å². The van der Waals surface area contributed by atoms with E-state index in [0.29, 0.717) is 0 Å². The lowest BCUT2D eigenvalue weighted by molar-refractivity contribution is 0.139. The van der Waals surface area contributed by atoms with Gasteiger partial charge in [-0.15, -0.1) is 0 Å². The number of hydrazone groups is 1. The Morgan fingerprint density at radius 3 is 1.96 bits per heavy atom. The Hall–Kier alpha value is -3.07. The third kappa shape index (κ3) is 3.13. The normalized spacial score (nSPS) is 16.8. The quantitative estimate of drug-likeness (QED) is 0.703. The summed E-state index contributed by atoms with van der Waals surface area (Å²) in [6.07, 6.45) is 0.0941. The molecule has 1 aliphatic rings. The van der Waals surface area contributed by atoms with Crippen molar-refractivity contribution in [2.45, 2.75) is 12.7 Å². The summed E-state index contributed by atoms with van der Waals surface area (Å²) in [7, 11) is 2.12. The number of nitrogens with zero attached hydrogens (tertiary/aromatic N) is 3. The van der Waals surface area contributed by atoms with Gasteiger partial charge in [0, 0.05) is 12.6 Å². The minimum atomic E-state index is 0.0941. The maximum atomic E-state index is 4.97. The van der Waals surface area contributed by atoms with Crippen molar-refractivity contribution in [1.82, 2.24) is 9.91 Å². The molecule has 124 valence electrons. The van der Waals surface area contributed by atoms with Crippen molar-refractivity contribution >= 4 is 5.84 Å². The Labute approximate surface area is 148 Å². The fraction of sp³-hybridized carbons (Fsp3) is 0.136. The highest BCUT2D eigenvalue weighted by atomic mass is 15.6. The number of rotatable bonds is 4. The van der Waals surface area contributed by atoms with E-state index in [4.69, 9.17) is 5.10 Å². The average molecular weight is 327 g/mol. The first-order valence-electron chi connectivity index (χ1n) is 8.55. The fourth-order valence-corrected chi connectivity index (χ4v) is 3.32. The predicted molar refractivity (Wildman–Crippen MR) is 102 cm³/mol. The lowest BCUT2D eigenvalue weighted by Crippen LogP contribution is -2.32. The highest BCUT2D eigenvalue weighted by Gasteiger charge is 2.33. The molecule has 0 N–H and O–H groups in total. The first-order chi connectivity index (χ1) is 12.3. The van der Waals surface area contributed by atoms with Crippen LogP contribution in [-0.4, -0.2) is 22.8 Å². The van der Waals surface area contributed by atoms with Crippen LogP contribution in [0.5, 0.6) is 0 Å². The molecule has 3 nitrogen and oxygen atoms in total. The van der Waals surface area contributed by atoms with Gasteiger partial charge in [-0.2, -0.15) is 5.10 Å². The summed E-state index contributed by atoms with van der Waals surface area (Å²) < 4.78 is 0. The van der Waals surface area contributed by atoms with Crippen LogP contribution in [0.2, 0.25) is 0 Å². The van der Waals surface area contributed by atoms with Gasteiger partial charge in [-0.3, -0.25) is 5.01 Å². The van der Waals surface area contributed by atoms with E-state index in [0.717, 1.165) is 17.9 Å². The monoisotopic (exact) mass is 327 g/mol. The van der Waals surface area contributed by atoms with Gasteiger partial charge in [0.1, 0.15) is 6.17 Å². The van der Waals surface area contributed by atoms with E-state index in [1.165, 1.54) is 11.1 Å². The first kappa shape index (κ1) is 15.5. The summed E-state index contributed by atoms with van der Waals surface area (Å²) in [5, 5.41) is 7.14. The van der Waals surface area contributed by atoms with Crippen LogP contribution in [0.15, 0.2) is 96.1 Å². The van der Waals surface area contributed by atoms with E-state index in [-0.39, 0.29) is 6.17 Å². The van der Waals surface area contributed by atoms with Crippen LogP contribution >= 0.6 is 0 Å². The van der Waals surface area contributed by atoms with Crippen molar-refractivity contribution in [3.8, 4) is 0 Å². The Bertz CT molecular complexity index is 844. The molecule has 0 saturated carbocycles. The molecule has 0 bridgehead atoms. The maximum Gasteiger partial charge on any atom is 0.157 e. The highest BCUT2D eigenvalue weighted by Crippen LogP contribution is 2.32. The van der Waals surface area contributed by atoms with E-state index >= 15 is 0 Å². The molecular weight excluding hydrogens is 306 g/mol. The lowest BCUT2D eigenvalue weighted by atomic mass is 10.1. The second kappa shape index (κ2) is 6.81. The van der Waals surface area contributed by atoms with Gasteiger partial charge in [-0.05, 0) is 11.1 Å². The van der Waals surface area contributed by atoms with E-state index in [2.05, 4.69) is 95.8 Å². The topological polar surface area (TPSA) is 18.8 Å². The SMILES string of the molecule is CN1C(c2ccccc2)=NN(Cc2ccccc2)C1c1ccccc1. The molecular formula is C22H21N3. The summed E-state index contributed by atoms with van der Waals surface area (Å²) in [6, 6.07) is 31.5. The molecule has 0 fully saturated rings. The predicted octanol–water partition coefficient (Wildman–Crippen LogP) is 4.49. The molecule has 1 atom stereocenters. The molecule has 0 aliphatic carbocycles. The van der Waals surface area contributed by atoms with Crippen molar-refractivity contribution in [3.63, 3.8) is 0 Å². The molecule has 0 spiro atoms. The molecule has 3 heteroatoms. The van der Waals surface area contributed by atoms with Gasteiger partial charge in [0.05, 0.1) is 6.54 Å². The second-order valence-electron chi connectivity index (χ2n) is 6.27. The zero-order chi connectivity index (χ0) is 17.1. The van der Waals surface area contributed by atoms with Crippen LogP contribution in [0, 0.1) is 0 Å². The first-order valence-corrected chi connectivity index (χ1v) is 8.55. The molecule has 0 radical (unpaired) electrons. The Morgan fingerprint density at radius 1 is 0.760 bits per heavy atom. The van der Waals surface area contributed by atoms with Gasteiger partial charge in [0.25, 0.3) is 0 Å². The number of benzene rings is 3. The van der Waals surface area contributed by atoms with Crippen LogP contribution in [0.25, 0.3) is 0 Å². The molecule has 1 heterocycles. The van der Waals surface area contributed by atoms with Crippen LogP contribution in [0.4, 0.5) is 0 Å². The Morgan fingerprint density at radius 2 is 1.32 bits per heavy atom. The summed E-state index contributed by atoms with van der Waals surface area (Å²) >= 11 is 0. The smallest absolute Gasteiger partial charge is 0.157 e. The van der Waals surface area contributed by atoms with Crippen LogP contribution in [0.1, 0.15) is 22.9 Å². The fourth-order valence-electron chi connectivity index (χ4n) is 3.32. The zero-order valence-corrected chi connectivity index (χ0v) is 14.3. The minimum absolute atomic E-state index is 0.0941. The number of hydrogen-bond donors (Lipinski definition) is 0. The molecule has 4 rings (SSSR count). The molecule has 3 aromatic carbocycles. The highest BCUT2D eigenvalue weighted by molar-refractivity contribution is 5.99. The molecule has 1 unspecified atom stereocenters. The van der Waals surface area contributed by atoms with Gasteiger partial charge in [0.15, 0.2) is 5.84 Å². The van der Waals surface area contributed by atoms with Gasteiger partial charge in [-0.25, -0.2) is 0 Å². The Kier molecular flexibility index (Phi) is 4.21.